The number of aliphatic hydroxyl groups is 1. The van der Waals surface area contributed by atoms with E-state index in [4.69, 9.17) is 14.7 Å². The Morgan fingerprint density at radius 1 is 1.17 bits per heavy atom. The van der Waals surface area contributed by atoms with Crippen molar-refractivity contribution in [1.82, 2.24) is 29.3 Å². The summed E-state index contributed by atoms with van der Waals surface area (Å²) in [4.78, 5) is 16.3. The first-order valence-corrected chi connectivity index (χ1v) is 10.6. The molecule has 0 unspecified atom stereocenters. The SMILES string of the molecule is CC(C)n1ncnc1-c1cn2c(n1)-c1cnc(N3CCC(CO)CC3)cc1OCC2. The van der Waals surface area contributed by atoms with Crippen LogP contribution in [0.25, 0.3) is 22.9 Å². The summed E-state index contributed by atoms with van der Waals surface area (Å²) < 4.78 is 10.0. The lowest BCUT2D eigenvalue weighted by Gasteiger charge is -2.32. The lowest BCUT2D eigenvalue weighted by Crippen LogP contribution is -2.35. The van der Waals surface area contributed by atoms with E-state index in [1.54, 1.807) is 6.33 Å². The summed E-state index contributed by atoms with van der Waals surface area (Å²) in [5.41, 5.74) is 1.70. The number of hydrogen-bond acceptors (Lipinski definition) is 7. The Balaban J connectivity index is 1.47. The van der Waals surface area contributed by atoms with Gasteiger partial charge in [-0.3, -0.25) is 0 Å². The van der Waals surface area contributed by atoms with Gasteiger partial charge in [-0.2, -0.15) is 5.10 Å². The first-order chi connectivity index (χ1) is 14.6. The van der Waals surface area contributed by atoms with Crippen molar-refractivity contribution in [1.29, 1.82) is 0 Å². The number of piperidine rings is 1. The quantitative estimate of drug-likeness (QED) is 0.707. The molecular weight excluding hydrogens is 382 g/mol. The molecule has 3 aromatic rings. The summed E-state index contributed by atoms with van der Waals surface area (Å²) in [7, 11) is 0. The Bertz CT molecular complexity index is 1030. The highest BCUT2D eigenvalue weighted by atomic mass is 16.5. The highest BCUT2D eigenvalue weighted by Crippen LogP contribution is 2.36. The van der Waals surface area contributed by atoms with Crippen LogP contribution in [0.15, 0.2) is 24.8 Å². The largest absolute Gasteiger partial charge is 0.491 e. The van der Waals surface area contributed by atoms with Gasteiger partial charge >= 0.3 is 0 Å². The van der Waals surface area contributed by atoms with E-state index in [1.807, 2.05) is 23.1 Å². The molecule has 0 aromatic carbocycles. The summed E-state index contributed by atoms with van der Waals surface area (Å²) in [5.74, 6) is 3.74. The second-order valence-corrected chi connectivity index (χ2v) is 8.27. The van der Waals surface area contributed by atoms with Gasteiger partial charge in [-0.15, -0.1) is 0 Å². The number of fused-ring (bicyclic) bond motifs is 3. The second kappa shape index (κ2) is 7.71. The van der Waals surface area contributed by atoms with Gasteiger partial charge in [0.05, 0.1) is 12.1 Å². The van der Waals surface area contributed by atoms with E-state index in [-0.39, 0.29) is 12.6 Å². The predicted molar refractivity (Wildman–Crippen MR) is 112 cm³/mol. The number of hydrogen-bond donors (Lipinski definition) is 1. The minimum Gasteiger partial charge on any atom is -0.491 e. The third-order valence-electron chi connectivity index (χ3n) is 5.95. The lowest BCUT2D eigenvalue weighted by molar-refractivity contribution is 0.202. The average molecular weight is 409 g/mol. The van der Waals surface area contributed by atoms with Gasteiger partial charge in [-0.05, 0) is 32.6 Å². The number of anilines is 1. The number of rotatable bonds is 4. The highest BCUT2D eigenvalue weighted by molar-refractivity contribution is 5.69. The molecular formula is C21H27N7O2. The Morgan fingerprint density at radius 3 is 2.77 bits per heavy atom. The monoisotopic (exact) mass is 409 g/mol. The molecule has 2 aliphatic rings. The van der Waals surface area contributed by atoms with Gasteiger partial charge in [0.15, 0.2) is 5.82 Å². The van der Waals surface area contributed by atoms with Crippen molar-refractivity contribution in [3.8, 4) is 28.7 Å². The molecule has 0 aliphatic carbocycles. The van der Waals surface area contributed by atoms with Gasteiger partial charge in [-0.1, -0.05) is 0 Å². The predicted octanol–water partition coefficient (Wildman–Crippen LogP) is 2.39. The van der Waals surface area contributed by atoms with Gasteiger partial charge in [0.25, 0.3) is 0 Å². The van der Waals surface area contributed by atoms with Crippen LogP contribution in [0.1, 0.15) is 32.7 Å². The highest BCUT2D eigenvalue weighted by Gasteiger charge is 2.24. The molecule has 2 aliphatic heterocycles. The average Bonchev–Trinajstić information content (AvgIpc) is 3.38. The third kappa shape index (κ3) is 3.32. The molecule has 158 valence electrons. The van der Waals surface area contributed by atoms with Crippen molar-refractivity contribution < 1.29 is 9.84 Å². The molecule has 0 amide bonds. The van der Waals surface area contributed by atoms with Crippen LogP contribution in [0.3, 0.4) is 0 Å². The molecule has 5 rings (SSSR count). The zero-order valence-corrected chi connectivity index (χ0v) is 17.4. The van der Waals surface area contributed by atoms with Crippen molar-refractivity contribution in [2.24, 2.45) is 5.92 Å². The van der Waals surface area contributed by atoms with Gasteiger partial charge in [-0.25, -0.2) is 19.6 Å². The maximum atomic E-state index is 9.37. The Labute approximate surface area is 175 Å². The molecule has 0 radical (unpaired) electrons. The van der Waals surface area contributed by atoms with Crippen molar-refractivity contribution in [3.63, 3.8) is 0 Å². The molecule has 1 N–H and O–H groups in total. The van der Waals surface area contributed by atoms with E-state index in [0.717, 1.165) is 60.4 Å². The van der Waals surface area contributed by atoms with Crippen LogP contribution in [0.4, 0.5) is 5.82 Å². The van der Waals surface area contributed by atoms with Crippen LogP contribution in [-0.2, 0) is 6.54 Å². The minimum atomic E-state index is 0.207. The fourth-order valence-corrected chi connectivity index (χ4v) is 4.21. The Morgan fingerprint density at radius 2 is 2.00 bits per heavy atom. The van der Waals surface area contributed by atoms with Crippen molar-refractivity contribution in [2.75, 3.05) is 31.2 Å². The smallest absolute Gasteiger partial charge is 0.178 e. The summed E-state index contributed by atoms with van der Waals surface area (Å²) in [5, 5.41) is 13.7. The minimum absolute atomic E-state index is 0.207. The molecule has 0 bridgehead atoms. The van der Waals surface area contributed by atoms with Crippen molar-refractivity contribution in [3.05, 3.63) is 24.8 Å². The normalized spacial score (nSPS) is 16.9. The van der Waals surface area contributed by atoms with Crippen molar-refractivity contribution >= 4 is 5.82 Å². The zero-order chi connectivity index (χ0) is 20.7. The third-order valence-corrected chi connectivity index (χ3v) is 5.95. The Hall–Kier alpha value is -2.94. The number of pyridine rings is 1. The van der Waals surface area contributed by atoms with Crippen LogP contribution >= 0.6 is 0 Å². The number of aliphatic hydroxyl groups excluding tert-OH is 1. The molecule has 0 saturated carbocycles. The van der Waals surface area contributed by atoms with Crippen LogP contribution in [0.2, 0.25) is 0 Å². The fraction of sp³-hybridized carbons (Fsp3) is 0.524. The standard InChI is InChI=1S/C21H27N7O2/c1-14(2)28-21(23-13-24-28)17-11-27-7-8-30-18-9-19(22-10-16(18)20(27)25-17)26-5-3-15(12-29)4-6-26/h9-11,13-15,29H,3-8,12H2,1-2H3. The molecule has 1 saturated heterocycles. The van der Waals surface area contributed by atoms with Gasteiger partial charge in [0.2, 0.25) is 0 Å². The molecule has 9 heteroatoms. The molecule has 30 heavy (non-hydrogen) atoms. The molecule has 1 fully saturated rings. The molecule has 0 atom stereocenters. The first kappa shape index (κ1) is 19.0. The maximum absolute atomic E-state index is 9.37. The first-order valence-electron chi connectivity index (χ1n) is 10.6. The lowest BCUT2D eigenvalue weighted by atomic mass is 9.98. The number of nitrogens with zero attached hydrogens (tertiary/aromatic N) is 7. The molecule has 3 aromatic heterocycles. The summed E-state index contributed by atoms with van der Waals surface area (Å²) >= 11 is 0. The topological polar surface area (TPSA) is 94.1 Å². The van der Waals surface area contributed by atoms with E-state index >= 15 is 0 Å². The molecule has 5 heterocycles. The summed E-state index contributed by atoms with van der Waals surface area (Å²) in [6, 6.07) is 2.23. The van der Waals surface area contributed by atoms with Crippen LogP contribution in [-0.4, -0.2) is 60.7 Å². The summed E-state index contributed by atoms with van der Waals surface area (Å²) in [6.45, 7) is 7.52. The van der Waals surface area contributed by atoms with E-state index in [1.165, 1.54) is 0 Å². The van der Waals surface area contributed by atoms with E-state index < -0.39 is 0 Å². The van der Waals surface area contributed by atoms with Gasteiger partial charge in [0, 0.05) is 44.2 Å². The summed E-state index contributed by atoms with van der Waals surface area (Å²) in [6.07, 6.45) is 7.43. The zero-order valence-electron chi connectivity index (χ0n) is 17.4. The van der Waals surface area contributed by atoms with Gasteiger partial charge < -0.3 is 19.3 Å². The van der Waals surface area contributed by atoms with Crippen LogP contribution in [0.5, 0.6) is 5.75 Å². The number of ether oxygens (including phenoxy) is 1. The number of aromatic nitrogens is 6. The molecule has 9 nitrogen and oxygen atoms in total. The van der Waals surface area contributed by atoms with E-state index in [2.05, 4.69) is 33.4 Å². The van der Waals surface area contributed by atoms with Crippen LogP contribution < -0.4 is 9.64 Å². The fourth-order valence-electron chi connectivity index (χ4n) is 4.21. The second-order valence-electron chi connectivity index (χ2n) is 8.27. The van der Waals surface area contributed by atoms with E-state index in [0.29, 0.717) is 19.1 Å². The Kier molecular flexibility index (Phi) is 4.90. The maximum Gasteiger partial charge on any atom is 0.178 e. The van der Waals surface area contributed by atoms with Gasteiger partial charge in [0.1, 0.15) is 36.0 Å². The van der Waals surface area contributed by atoms with E-state index in [9.17, 15) is 5.11 Å². The van der Waals surface area contributed by atoms with Crippen molar-refractivity contribution in [2.45, 2.75) is 39.3 Å². The van der Waals surface area contributed by atoms with Crippen LogP contribution in [0, 0.1) is 5.92 Å². The molecule has 0 spiro atoms. The number of imidazole rings is 1.